The maximum atomic E-state index is 12.7. The van der Waals surface area contributed by atoms with Gasteiger partial charge in [0, 0.05) is 11.1 Å². The number of benzene rings is 2. The fraction of sp³-hybridized carbons (Fsp3) is 0.316. The summed E-state index contributed by atoms with van der Waals surface area (Å²) in [4.78, 5) is 12.7. The van der Waals surface area contributed by atoms with E-state index >= 15 is 0 Å². The van der Waals surface area contributed by atoms with Gasteiger partial charge in [-0.15, -0.1) is 5.10 Å². The van der Waals surface area contributed by atoms with Gasteiger partial charge in [0.1, 0.15) is 0 Å². The van der Waals surface area contributed by atoms with Gasteiger partial charge in [-0.2, -0.15) is 0 Å². The molecule has 0 bridgehead atoms. The van der Waals surface area contributed by atoms with Crippen LogP contribution in [0.1, 0.15) is 35.1 Å². The average molecular weight is 335 g/mol. The van der Waals surface area contributed by atoms with Gasteiger partial charge in [-0.25, -0.2) is 4.68 Å². The highest BCUT2D eigenvalue weighted by molar-refractivity contribution is 6.08. The highest BCUT2D eigenvalue weighted by atomic mass is 16.2. The zero-order chi connectivity index (χ0) is 17.2. The van der Waals surface area contributed by atoms with Gasteiger partial charge in [0.15, 0.2) is 5.69 Å². The molecule has 0 atom stereocenters. The Morgan fingerprint density at radius 3 is 2.76 bits per heavy atom. The van der Waals surface area contributed by atoms with Gasteiger partial charge in [0.05, 0.1) is 11.7 Å². The third-order valence-corrected chi connectivity index (χ3v) is 4.83. The van der Waals surface area contributed by atoms with Crippen molar-refractivity contribution in [3.8, 4) is 0 Å². The molecule has 6 heteroatoms. The summed E-state index contributed by atoms with van der Waals surface area (Å²) in [5, 5.41) is 16.8. The number of anilines is 1. The lowest BCUT2D eigenvalue weighted by atomic mass is 10.1. The van der Waals surface area contributed by atoms with E-state index in [-0.39, 0.29) is 5.91 Å². The van der Waals surface area contributed by atoms with Crippen LogP contribution >= 0.6 is 0 Å². The molecule has 0 saturated carbocycles. The van der Waals surface area contributed by atoms with Gasteiger partial charge in [0.25, 0.3) is 5.91 Å². The van der Waals surface area contributed by atoms with Crippen molar-refractivity contribution in [1.29, 1.82) is 0 Å². The number of fused-ring (bicyclic) bond motifs is 1. The number of hydrogen-bond donors (Lipinski definition) is 2. The Morgan fingerprint density at radius 2 is 1.92 bits per heavy atom. The fourth-order valence-electron chi connectivity index (χ4n) is 3.46. The summed E-state index contributed by atoms with van der Waals surface area (Å²) in [6, 6.07) is 14.2. The Hall–Kier alpha value is -2.73. The Balaban J connectivity index is 1.60. The van der Waals surface area contributed by atoms with Crippen LogP contribution in [0, 0.1) is 6.92 Å². The van der Waals surface area contributed by atoms with Crippen LogP contribution in [0.4, 0.5) is 5.69 Å². The lowest BCUT2D eigenvalue weighted by molar-refractivity contribution is 0.102. The number of rotatable bonds is 3. The van der Waals surface area contributed by atoms with Gasteiger partial charge in [-0.05, 0) is 44.3 Å². The molecule has 0 aliphatic carbocycles. The smallest absolute Gasteiger partial charge is 0.278 e. The molecule has 1 fully saturated rings. The van der Waals surface area contributed by atoms with E-state index in [9.17, 15) is 4.79 Å². The number of aromatic nitrogens is 3. The molecule has 0 unspecified atom stereocenters. The van der Waals surface area contributed by atoms with Gasteiger partial charge in [0.2, 0.25) is 0 Å². The van der Waals surface area contributed by atoms with Crippen molar-refractivity contribution in [2.24, 2.45) is 0 Å². The molecule has 1 aromatic heterocycles. The van der Waals surface area contributed by atoms with E-state index < -0.39 is 0 Å². The van der Waals surface area contributed by atoms with Crippen LogP contribution < -0.4 is 10.6 Å². The van der Waals surface area contributed by atoms with E-state index in [4.69, 9.17) is 0 Å². The Labute approximate surface area is 146 Å². The second-order valence-corrected chi connectivity index (χ2v) is 6.43. The number of carbonyl (C=O) groups is 1. The van der Waals surface area contributed by atoms with Crippen molar-refractivity contribution in [1.82, 2.24) is 20.3 Å². The average Bonchev–Trinajstić information content (AvgIpc) is 3.04. The number of nitrogens with zero attached hydrogens (tertiary/aromatic N) is 3. The fourth-order valence-corrected chi connectivity index (χ4v) is 3.46. The van der Waals surface area contributed by atoms with Crippen LogP contribution in [0.2, 0.25) is 0 Å². The largest absolute Gasteiger partial charge is 0.320 e. The van der Waals surface area contributed by atoms with Crippen molar-refractivity contribution in [3.63, 3.8) is 0 Å². The van der Waals surface area contributed by atoms with Crippen molar-refractivity contribution < 1.29 is 4.79 Å². The zero-order valence-corrected chi connectivity index (χ0v) is 14.2. The van der Waals surface area contributed by atoms with Gasteiger partial charge in [-0.3, -0.25) is 4.79 Å². The maximum Gasteiger partial charge on any atom is 0.278 e. The van der Waals surface area contributed by atoms with E-state index in [1.54, 1.807) is 0 Å². The highest BCUT2D eigenvalue weighted by Crippen LogP contribution is 2.24. The molecule has 2 heterocycles. The maximum absolute atomic E-state index is 12.7. The molecular formula is C19H21N5O. The minimum absolute atomic E-state index is 0.214. The molecule has 1 saturated heterocycles. The summed E-state index contributed by atoms with van der Waals surface area (Å²) in [7, 11) is 0. The molecule has 1 amide bonds. The second kappa shape index (κ2) is 6.64. The molecule has 0 radical (unpaired) electrons. The molecule has 1 aliphatic rings. The van der Waals surface area contributed by atoms with Crippen molar-refractivity contribution in [3.05, 3.63) is 53.9 Å². The van der Waals surface area contributed by atoms with Crippen LogP contribution in [0.3, 0.4) is 0 Å². The zero-order valence-electron chi connectivity index (χ0n) is 14.2. The van der Waals surface area contributed by atoms with E-state index in [1.807, 2.05) is 54.1 Å². The van der Waals surface area contributed by atoms with Crippen LogP contribution in [0.25, 0.3) is 10.8 Å². The van der Waals surface area contributed by atoms with Crippen LogP contribution in [0.5, 0.6) is 0 Å². The van der Waals surface area contributed by atoms with Crippen LogP contribution in [0.15, 0.2) is 42.5 Å². The van der Waals surface area contributed by atoms with Gasteiger partial charge in [-0.1, -0.05) is 41.6 Å². The third kappa shape index (κ3) is 3.00. The summed E-state index contributed by atoms with van der Waals surface area (Å²) in [6.07, 6.45) is 2.02. The first-order chi connectivity index (χ1) is 12.2. The monoisotopic (exact) mass is 335 g/mol. The third-order valence-electron chi connectivity index (χ3n) is 4.83. The van der Waals surface area contributed by atoms with Crippen molar-refractivity contribution in [2.75, 3.05) is 18.4 Å². The molecule has 128 valence electrons. The number of nitrogens with one attached hydrogen (secondary N) is 2. The number of hydrogen-bond acceptors (Lipinski definition) is 4. The molecule has 0 spiro atoms. The SMILES string of the molecule is Cc1c(C(=O)Nc2cccc3ccccc23)nnn1C1CCNCC1. The molecule has 2 aromatic carbocycles. The van der Waals surface area contributed by atoms with Gasteiger partial charge >= 0.3 is 0 Å². The standard InChI is InChI=1S/C19H21N5O/c1-13-18(22-23-24(13)15-9-11-20-12-10-15)19(25)21-17-8-4-6-14-5-2-3-7-16(14)17/h2-8,15,20H,9-12H2,1H3,(H,21,25). The van der Waals surface area contributed by atoms with E-state index in [0.29, 0.717) is 11.7 Å². The van der Waals surface area contributed by atoms with Crippen molar-refractivity contribution in [2.45, 2.75) is 25.8 Å². The van der Waals surface area contributed by atoms with Crippen molar-refractivity contribution >= 4 is 22.4 Å². The number of amides is 1. The molecule has 1 aliphatic heterocycles. The Kier molecular flexibility index (Phi) is 4.19. The lowest BCUT2D eigenvalue weighted by Crippen LogP contribution is -2.30. The van der Waals surface area contributed by atoms with Crippen LogP contribution in [-0.2, 0) is 0 Å². The van der Waals surface area contributed by atoms with E-state index in [2.05, 4.69) is 20.9 Å². The molecule has 25 heavy (non-hydrogen) atoms. The summed E-state index contributed by atoms with van der Waals surface area (Å²) in [6.45, 7) is 3.86. The first kappa shape index (κ1) is 15.8. The quantitative estimate of drug-likeness (QED) is 0.772. The summed E-state index contributed by atoms with van der Waals surface area (Å²) in [5.41, 5.74) is 2.01. The predicted octanol–water partition coefficient (Wildman–Crippen LogP) is 2.92. The summed E-state index contributed by atoms with van der Waals surface area (Å²) >= 11 is 0. The number of carbonyl (C=O) groups excluding carboxylic acids is 1. The topological polar surface area (TPSA) is 71.8 Å². The second-order valence-electron chi connectivity index (χ2n) is 6.43. The molecule has 2 N–H and O–H groups in total. The number of piperidine rings is 1. The first-order valence-corrected chi connectivity index (χ1v) is 8.65. The minimum Gasteiger partial charge on any atom is -0.320 e. The minimum atomic E-state index is -0.214. The molecule has 4 rings (SSSR count). The molecule has 3 aromatic rings. The Morgan fingerprint density at radius 1 is 1.16 bits per heavy atom. The van der Waals surface area contributed by atoms with Gasteiger partial charge < -0.3 is 10.6 Å². The van der Waals surface area contributed by atoms with Crippen LogP contribution in [-0.4, -0.2) is 34.0 Å². The predicted molar refractivity (Wildman–Crippen MR) is 97.8 cm³/mol. The Bertz CT molecular complexity index is 906. The lowest BCUT2D eigenvalue weighted by Gasteiger charge is -2.23. The molecule has 6 nitrogen and oxygen atoms in total. The molecular weight excluding hydrogens is 314 g/mol. The van der Waals surface area contributed by atoms with E-state index in [1.165, 1.54) is 0 Å². The summed E-state index contributed by atoms with van der Waals surface area (Å²) < 4.78 is 1.90. The first-order valence-electron chi connectivity index (χ1n) is 8.65. The normalized spacial score (nSPS) is 15.4. The summed E-state index contributed by atoms with van der Waals surface area (Å²) in [5.74, 6) is -0.214. The highest BCUT2D eigenvalue weighted by Gasteiger charge is 2.23. The van der Waals surface area contributed by atoms with E-state index in [0.717, 1.165) is 48.1 Å².